The van der Waals surface area contributed by atoms with Crippen LogP contribution in [0.3, 0.4) is 0 Å². The summed E-state index contributed by atoms with van der Waals surface area (Å²) >= 11 is 18.9. The molecule has 0 spiro atoms. The molecule has 9 nitrogen and oxygen atoms in total. The summed E-state index contributed by atoms with van der Waals surface area (Å²) in [4.78, 5) is 30.4. The van der Waals surface area contributed by atoms with E-state index < -0.39 is 15.6 Å². The summed E-state index contributed by atoms with van der Waals surface area (Å²) in [5, 5.41) is 0.854. The van der Waals surface area contributed by atoms with Gasteiger partial charge in [-0.3, -0.25) is 18.6 Å². The fourth-order valence-electron chi connectivity index (χ4n) is 5.09. The summed E-state index contributed by atoms with van der Waals surface area (Å²) < 4.78 is 31.6. The maximum Gasteiger partial charge on any atom is 0.296 e. The van der Waals surface area contributed by atoms with Gasteiger partial charge in [0, 0.05) is 45.8 Å². The summed E-state index contributed by atoms with van der Waals surface area (Å²) in [5.41, 5.74) is 1.47. The maximum absolute atomic E-state index is 13.9. The van der Waals surface area contributed by atoms with Crippen LogP contribution in [0.1, 0.15) is 16.1 Å². The van der Waals surface area contributed by atoms with Crippen LogP contribution in [0.4, 0.5) is 11.4 Å². The number of carbonyl (C=O) groups is 1. The molecule has 0 radical (unpaired) electrons. The molecule has 0 unspecified atom stereocenters. The number of benzene rings is 3. The molecule has 1 saturated heterocycles. The number of para-hydroxylation sites is 1. The lowest BCUT2D eigenvalue weighted by Gasteiger charge is -2.36. The highest BCUT2D eigenvalue weighted by Gasteiger charge is 2.32. The van der Waals surface area contributed by atoms with Gasteiger partial charge >= 0.3 is 0 Å². The molecule has 0 N–H and O–H groups in total. The number of piperazine rings is 1. The van der Waals surface area contributed by atoms with Crippen molar-refractivity contribution in [1.82, 2.24) is 14.3 Å². The Morgan fingerprint density at radius 1 is 0.881 bits per heavy atom. The van der Waals surface area contributed by atoms with Crippen molar-refractivity contribution in [3.05, 3.63) is 103 Å². The van der Waals surface area contributed by atoms with Gasteiger partial charge in [0.05, 0.1) is 32.1 Å². The molecule has 4 aromatic rings. The Balaban J connectivity index is 1.41. The van der Waals surface area contributed by atoms with Crippen LogP contribution < -0.4 is 14.8 Å². The van der Waals surface area contributed by atoms with E-state index in [-0.39, 0.29) is 27.1 Å². The van der Waals surface area contributed by atoms with E-state index in [2.05, 4.69) is 4.90 Å². The highest BCUT2D eigenvalue weighted by atomic mass is 35.5. The SMILES string of the molecule is Cc1c(N(C)S(=O)(=O)c2cc(C(=O)N3CCN(c4cccc(Cl)c4Cl)CC3)ccc2Cl)c(=O)n(-c2ccccc2)n1C. The van der Waals surface area contributed by atoms with Crippen LogP contribution in [0, 0.1) is 6.92 Å². The molecule has 0 atom stereocenters. The van der Waals surface area contributed by atoms with Crippen molar-refractivity contribution in [2.75, 3.05) is 42.4 Å². The molecule has 3 aromatic carbocycles. The number of anilines is 2. The van der Waals surface area contributed by atoms with Gasteiger partial charge in [0.2, 0.25) is 0 Å². The summed E-state index contributed by atoms with van der Waals surface area (Å²) in [5.74, 6) is -0.329. The number of aromatic nitrogens is 2. The molecule has 42 heavy (non-hydrogen) atoms. The molecule has 0 aliphatic carbocycles. The monoisotopic (exact) mass is 647 g/mol. The molecule has 1 aliphatic rings. The number of halogens is 3. The van der Waals surface area contributed by atoms with Gasteiger partial charge < -0.3 is 9.80 Å². The molecule has 1 aliphatic heterocycles. The van der Waals surface area contributed by atoms with Crippen LogP contribution in [-0.2, 0) is 17.1 Å². The Morgan fingerprint density at radius 3 is 2.21 bits per heavy atom. The van der Waals surface area contributed by atoms with Crippen molar-refractivity contribution >= 4 is 62.1 Å². The minimum absolute atomic E-state index is 0.0232. The van der Waals surface area contributed by atoms with Crippen LogP contribution >= 0.6 is 34.8 Å². The zero-order chi connectivity index (χ0) is 30.3. The number of amides is 1. The van der Waals surface area contributed by atoms with Gasteiger partial charge in [-0.1, -0.05) is 59.1 Å². The van der Waals surface area contributed by atoms with E-state index in [0.29, 0.717) is 47.6 Å². The largest absolute Gasteiger partial charge is 0.367 e. The van der Waals surface area contributed by atoms with Crippen LogP contribution in [0.2, 0.25) is 15.1 Å². The smallest absolute Gasteiger partial charge is 0.296 e. The van der Waals surface area contributed by atoms with E-state index in [4.69, 9.17) is 34.8 Å². The first kappa shape index (κ1) is 30.0. The van der Waals surface area contributed by atoms with Gasteiger partial charge in [-0.25, -0.2) is 13.1 Å². The quantitative estimate of drug-likeness (QED) is 0.286. The standard InChI is InChI=1S/C29H28Cl3N5O4S/c1-19-27(29(39)37(33(19)2)21-8-5-4-6-9-21)34(3)42(40,41)25-18-20(12-13-22(25)30)28(38)36-16-14-35(15-17-36)24-11-7-10-23(31)26(24)32/h4-13,18H,14-17H2,1-3H3. The zero-order valence-corrected chi connectivity index (χ0v) is 26.2. The average Bonchev–Trinajstić information content (AvgIpc) is 3.21. The fourth-order valence-corrected chi connectivity index (χ4v) is 7.25. The van der Waals surface area contributed by atoms with Crippen molar-refractivity contribution in [3.63, 3.8) is 0 Å². The highest BCUT2D eigenvalue weighted by Crippen LogP contribution is 2.33. The van der Waals surface area contributed by atoms with E-state index >= 15 is 0 Å². The number of hydrogen-bond donors (Lipinski definition) is 0. The van der Waals surface area contributed by atoms with Crippen molar-refractivity contribution < 1.29 is 13.2 Å². The fraction of sp³-hybridized carbons (Fsp3) is 0.241. The van der Waals surface area contributed by atoms with Gasteiger partial charge in [0.15, 0.2) is 0 Å². The van der Waals surface area contributed by atoms with Crippen molar-refractivity contribution in [1.29, 1.82) is 0 Å². The second kappa shape index (κ2) is 11.7. The molecule has 5 rings (SSSR count). The first-order chi connectivity index (χ1) is 19.9. The van der Waals surface area contributed by atoms with E-state index in [9.17, 15) is 18.0 Å². The van der Waals surface area contributed by atoms with Crippen molar-refractivity contribution in [3.8, 4) is 5.69 Å². The number of sulfonamides is 1. The molecule has 0 bridgehead atoms. The summed E-state index contributed by atoms with van der Waals surface area (Å²) in [6.45, 7) is 3.51. The molecular weight excluding hydrogens is 621 g/mol. The Hall–Kier alpha value is -3.44. The molecule has 220 valence electrons. The first-order valence-electron chi connectivity index (χ1n) is 13.0. The molecule has 1 fully saturated rings. The normalized spacial score (nSPS) is 13.9. The second-order valence-electron chi connectivity index (χ2n) is 9.88. The molecule has 0 saturated carbocycles. The molecule has 2 heterocycles. The highest BCUT2D eigenvalue weighted by molar-refractivity contribution is 7.93. The predicted molar refractivity (Wildman–Crippen MR) is 167 cm³/mol. The lowest BCUT2D eigenvalue weighted by atomic mass is 10.1. The van der Waals surface area contributed by atoms with Gasteiger partial charge in [-0.2, -0.15) is 0 Å². The lowest BCUT2D eigenvalue weighted by molar-refractivity contribution is 0.0746. The molecule has 1 amide bonds. The zero-order valence-electron chi connectivity index (χ0n) is 23.1. The van der Waals surface area contributed by atoms with Crippen LogP contribution in [-0.4, -0.2) is 61.8 Å². The minimum atomic E-state index is -4.33. The van der Waals surface area contributed by atoms with Gasteiger partial charge in [0.25, 0.3) is 21.5 Å². The van der Waals surface area contributed by atoms with Crippen molar-refractivity contribution in [2.45, 2.75) is 11.8 Å². The van der Waals surface area contributed by atoms with Crippen LogP contribution in [0.15, 0.2) is 76.4 Å². The number of rotatable bonds is 6. The third-order valence-electron chi connectivity index (χ3n) is 7.49. The molecule has 1 aromatic heterocycles. The molecule has 13 heteroatoms. The van der Waals surface area contributed by atoms with E-state index in [1.807, 2.05) is 18.2 Å². The second-order valence-corrected chi connectivity index (χ2v) is 13.0. The number of hydrogen-bond acceptors (Lipinski definition) is 5. The maximum atomic E-state index is 13.9. The first-order valence-corrected chi connectivity index (χ1v) is 15.6. The van der Waals surface area contributed by atoms with E-state index in [1.54, 1.807) is 53.9 Å². The summed E-state index contributed by atoms with van der Waals surface area (Å²) in [7, 11) is -1.34. The summed E-state index contributed by atoms with van der Waals surface area (Å²) in [6.07, 6.45) is 0. The van der Waals surface area contributed by atoms with Gasteiger partial charge in [-0.15, -0.1) is 0 Å². The Kier molecular flexibility index (Phi) is 8.35. The minimum Gasteiger partial charge on any atom is -0.367 e. The van der Waals surface area contributed by atoms with Gasteiger partial charge in [-0.05, 0) is 49.4 Å². The third kappa shape index (κ3) is 5.28. The van der Waals surface area contributed by atoms with Crippen molar-refractivity contribution in [2.24, 2.45) is 7.05 Å². The van der Waals surface area contributed by atoms with Crippen LogP contribution in [0.25, 0.3) is 5.69 Å². The molecular formula is C29H28Cl3N5O4S. The average molecular weight is 649 g/mol. The topological polar surface area (TPSA) is 87.9 Å². The third-order valence-corrected chi connectivity index (χ3v) is 10.5. The predicted octanol–water partition coefficient (Wildman–Crippen LogP) is 5.23. The number of carbonyl (C=O) groups excluding carboxylic acids is 1. The van der Waals surface area contributed by atoms with Crippen LogP contribution in [0.5, 0.6) is 0 Å². The number of nitrogens with zero attached hydrogens (tertiary/aromatic N) is 5. The van der Waals surface area contributed by atoms with Gasteiger partial charge in [0.1, 0.15) is 10.6 Å². The summed E-state index contributed by atoms with van der Waals surface area (Å²) in [6, 6.07) is 18.5. The Labute approximate surface area is 259 Å². The van der Waals surface area contributed by atoms with E-state index in [0.717, 1.165) is 9.99 Å². The lowest BCUT2D eigenvalue weighted by Crippen LogP contribution is -2.49. The van der Waals surface area contributed by atoms with E-state index in [1.165, 1.54) is 29.9 Å². The Morgan fingerprint density at radius 2 is 1.55 bits per heavy atom. The Bertz CT molecular complexity index is 1830.